The quantitative estimate of drug-likeness (QED) is 0.726. The zero-order chi connectivity index (χ0) is 15.1. The standard InChI is InChI=1S/C17H33N3O.2ClH/c1-14(13-20-8-3-4-9-20)11-19-17(21)10-15(2)16-6-5-7-18-12-16;;/h14-16,18H,3-13H2,1-2H3,(H,19,21);2*1H. The van der Waals surface area contributed by atoms with Gasteiger partial charge >= 0.3 is 0 Å². The van der Waals surface area contributed by atoms with Crippen molar-refractivity contribution in [2.75, 3.05) is 39.3 Å². The molecule has 2 heterocycles. The number of carbonyl (C=O) groups is 1. The van der Waals surface area contributed by atoms with Crippen molar-refractivity contribution in [1.29, 1.82) is 0 Å². The van der Waals surface area contributed by atoms with Crippen LogP contribution in [0, 0.1) is 17.8 Å². The van der Waals surface area contributed by atoms with Crippen LogP contribution in [0.5, 0.6) is 0 Å². The average molecular weight is 368 g/mol. The van der Waals surface area contributed by atoms with Gasteiger partial charge in [-0.3, -0.25) is 4.79 Å². The Morgan fingerprint density at radius 2 is 1.91 bits per heavy atom. The highest BCUT2D eigenvalue weighted by atomic mass is 35.5. The fraction of sp³-hybridized carbons (Fsp3) is 0.941. The van der Waals surface area contributed by atoms with Crippen LogP contribution < -0.4 is 10.6 Å². The van der Waals surface area contributed by atoms with Crippen molar-refractivity contribution in [3.8, 4) is 0 Å². The van der Waals surface area contributed by atoms with Crippen LogP contribution in [0.3, 0.4) is 0 Å². The molecule has 0 saturated carbocycles. The van der Waals surface area contributed by atoms with E-state index in [1.165, 1.54) is 38.8 Å². The second-order valence-electron chi connectivity index (χ2n) is 7.20. The molecule has 2 aliphatic heterocycles. The molecule has 3 unspecified atom stereocenters. The van der Waals surface area contributed by atoms with Gasteiger partial charge in [0.2, 0.25) is 5.91 Å². The normalized spacial score (nSPS) is 24.2. The lowest BCUT2D eigenvalue weighted by Crippen LogP contribution is -2.37. The molecule has 2 aliphatic rings. The molecule has 2 saturated heterocycles. The molecule has 3 atom stereocenters. The van der Waals surface area contributed by atoms with E-state index in [0.29, 0.717) is 24.2 Å². The van der Waals surface area contributed by atoms with Crippen molar-refractivity contribution >= 4 is 30.7 Å². The lowest BCUT2D eigenvalue weighted by atomic mass is 9.85. The maximum absolute atomic E-state index is 12.1. The SMILES string of the molecule is CC(CNC(=O)CC(C)C1CCCNC1)CN1CCCC1.Cl.Cl. The van der Waals surface area contributed by atoms with Gasteiger partial charge in [-0.25, -0.2) is 0 Å². The largest absolute Gasteiger partial charge is 0.356 e. The Morgan fingerprint density at radius 1 is 1.22 bits per heavy atom. The number of hydrogen-bond donors (Lipinski definition) is 2. The highest BCUT2D eigenvalue weighted by Crippen LogP contribution is 2.22. The van der Waals surface area contributed by atoms with E-state index in [1.807, 2.05) is 0 Å². The summed E-state index contributed by atoms with van der Waals surface area (Å²) >= 11 is 0. The van der Waals surface area contributed by atoms with E-state index in [4.69, 9.17) is 0 Å². The molecule has 0 bridgehead atoms. The third kappa shape index (κ3) is 8.57. The third-order valence-corrected chi connectivity index (χ3v) is 5.06. The summed E-state index contributed by atoms with van der Waals surface area (Å²) in [6.45, 7) is 11.1. The minimum atomic E-state index is 0. The Kier molecular flexibility index (Phi) is 12.3. The molecule has 1 amide bonds. The summed E-state index contributed by atoms with van der Waals surface area (Å²) in [5.41, 5.74) is 0. The zero-order valence-corrected chi connectivity index (χ0v) is 16.3. The van der Waals surface area contributed by atoms with Crippen LogP contribution in [0.1, 0.15) is 46.0 Å². The van der Waals surface area contributed by atoms with E-state index >= 15 is 0 Å². The Morgan fingerprint density at radius 3 is 2.52 bits per heavy atom. The van der Waals surface area contributed by atoms with Crippen molar-refractivity contribution in [3.63, 3.8) is 0 Å². The third-order valence-electron chi connectivity index (χ3n) is 5.06. The molecule has 0 aliphatic carbocycles. The summed E-state index contributed by atoms with van der Waals surface area (Å²) < 4.78 is 0. The van der Waals surface area contributed by atoms with Crippen molar-refractivity contribution in [3.05, 3.63) is 0 Å². The number of hydrogen-bond acceptors (Lipinski definition) is 3. The van der Waals surface area contributed by atoms with Gasteiger partial charge in [-0.1, -0.05) is 13.8 Å². The van der Waals surface area contributed by atoms with Gasteiger partial charge in [-0.2, -0.15) is 0 Å². The van der Waals surface area contributed by atoms with Crippen LogP contribution in [-0.2, 0) is 4.79 Å². The molecular formula is C17H35Cl2N3O. The summed E-state index contributed by atoms with van der Waals surface area (Å²) in [6, 6.07) is 0. The summed E-state index contributed by atoms with van der Waals surface area (Å²) in [5.74, 6) is 1.96. The van der Waals surface area contributed by atoms with Crippen LogP contribution in [0.2, 0.25) is 0 Å². The van der Waals surface area contributed by atoms with E-state index < -0.39 is 0 Å². The molecule has 2 rings (SSSR count). The zero-order valence-electron chi connectivity index (χ0n) is 14.7. The van der Waals surface area contributed by atoms with Crippen LogP contribution in [0.4, 0.5) is 0 Å². The summed E-state index contributed by atoms with van der Waals surface area (Å²) in [7, 11) is 0. The van der Waals surface area contributed by atoms with Crippen molar-refractivity contribution in [1.82, 2.24) is 15.5 Å². The monoisotopic (exact) mass is 367 g/mol. The smallest absolute Gasteiger partial charge is 0.220 e. The lowest BCUT2D eigenvalue weighted by Gasteiger charge is -2.28. The first-order valence-electron chi connectivity index (χ1n) is 8.85. The number of piperidine rings is 1. The van der Waals surface area contributed by atoms with Gasteiger partial charge < -0.3 is 15.5 Å². The molecule has 0 radical (unpaired) electrons. The Bertz CT molecular complexity index is 319. The first-order valence-corrected chi connectivity index (χ1v) is 8.85. The minimum Gasteiger partial charge on any atom is -0.356 e. The number of nitrogens with one attached hydrogen (secondary N) is 2. The van der Waals surface area contributed by atoms with Gasteiger partial charge in [-0.05, 0) is 69.6 Å². The van der Waals surface area contributed by atoms with Crippen LogP contribution in [0.25, 0.3) is 0 Å². The molecule has 4 nitrogen and oxygen atoms in total. The summed E-state index contributed by atoms with van der Waals surface area (Å²) in [4.78, 5) is 14.6. The topological polar surface area (TPSA) is 44.4 Å². The van der Waals surface area contributed by atoms with E-state index in [-0.39, 0.29) is 30.7 Å². The van der Waals surface area contributed by atoms with E-state index in [9.17, 15) is 4.79 Å². The number of nitrogens with zero attached hydrogens (tertiary/aromatic N) is 1. The van der Waals surface area contributed by atoms with E-state index in [1.54, 1.807) is 0 Å². The molecule has 2 N–H and O–H groups in total. The van der Waals surface area contributed by atoms with Crippen molar-refractivity contribution in [2.45, 2.75) is 46.0 Å². The first-order chi connectivity index (χ1) is 10.1. The van der Waals surface area contributed by atoms with Crippen molar-refractivity contribution in [2.24, 2.45) is 17.8 Å². The average Bonchev–Trinajstić information content (AvgIpc) is 2.99. The lowest BCUT2D eigenvalue weighted by molar-refractivity contribution is -0.122. The highest BCUT2D eigenvalue weighted by molar-refractivity contribution is 5.85. The fourth-order valence-electron chi connectivity index (χ4n) is 3.65. The highest BCUT2D eigenvalue weighted by Gasteiger charge is 2.22. The number of halogens is 2. The maximum Gasteiger partial charge on any atom is 0.220 e. The summed E-state index contributed by atoms with van der Waals surface area (Å²) in [6.07, 6.45) is 5.89. The Balaban J connectivity index is 0.00000242. The first kappa shape index (κ1) is 23.0. The molecule has 0 aromatic heterocycles. The predicted octanol–water partition coefficient (Wildman–Crippen LogP) is 2.70. The molecular weight excluding hydrogens is 333 g/mol. The molecule has 0 aromatic rings. The van der Waals surface area contributed by atoms with Gasteiger partial charge in [0.1, 0.15) is 0 Å². The number of amides is 1. The maximum atomic E-state index is 12.1. The van der Waals surface area contributed by atoms with Gasteiger partial charge in [0, 0.05) is 19.5 Å². The second kappa shape index (κ2) is 12.3. The van der Waals surface area contributed by atoms with Crippen molar-refractivity contribution < 1.29 is 4.79 Å². The van der Waals surface area contributed by atoms with Gasteiger partial charge in [0.05, 0.1) is 0 Å². The van der Waals surface area contributed by atoms with Crippen LogP contribution in [-0.4, -0.2) is 50.1 Å². The molecule has 23 heavy (non-hydrogen) atoms. The molecule has 6 heteroatoms. The summed E-state index contributed by atoms with van der Waals surface area (Å²) in [5, 5.41) is 6.58. The van der Waals surface area contributed by atoms with Gasteiger partial charge in [0.25, 0.3) is 0 Å². The van der Waals surface area contributed by atoms with Gasteiger partial charge in [0.15, 0.2) is 0 Å². The number of rotatable bonds is 7. The second-order valence-corrected chi connectivity index (χ2v) is 7.20. The fourth-order valence-corrected chi connectivity index (χ4v) is 3.65. The predicted molar refractivity (Wildman–Crippen MR) is 102 cm³/mol. The number of carbonyl (C=O) groups excluding carboxylic acids is 1. The number of likely N-dealkylation sites (tertiary alicyclic amines) is 1. The van der Waals surface area contributed by atoms with Crippen LogP contribution >= 0.6 is 24.8 Å². The molecule has 2 fully saturated rings. The van der Waals surface area contributed by atoms with Gasteiger partial charge in [-0.15, -0.1) is 24.8 Å². The van der Waals surface area contributed by atoms with Crippen LogP contribution in [0.15, 0.2) is 0 Å². The Hall–Kier alpha value is -0.0300. The Labute approximate surface area is 154 Å². The molecule has 0 aromatic carbocycles. The van der Waals surface area contributed by atoms with E-state index in [2.05, 4.69) is 29.4 Å². The molecule has 138 valence electrons. The molecule has 0 spiro atoms. The van der Waals surface area contributed by atoms with E-state index in [0.717, 1.165) is 26.2 Å². The minimum absolute atomic E-state index is 0.